The summed E-state index contributed by atoms with van der Waals surface area (Å²) in [5.41, 5.74) is 1.29. The van der Waals surface area contributed by atoms with Crippen molar-refractivity contribution in [3.8, 4) is 5.75 Å². The Bertz CT molecular complexity index is 329. The zero-order chi connectivity index (χ0) is 12.1. The molecule has 0 bridgehead atoms. The van der Waals surface area contributed by atoms with E-state index in [0.717, 1.165) is 31.9 Å². The summed E-state index contributed by atoms with van der Waals surface area (Å²) in [4.78, 5) is 0. The summed E-state index contributed by atoms with van der Waals surface area (Å²) in [7, 11) is 0. The van der Waals surface area contributed by atoms with E-state index in [2.05, 4.69) is 31.3 Å². The first-order valence-corrected chi connectivity index (χ1v) is 6.31. The molecule has 1 saturated heterocycles. The molecule has 2 rings (SSSR count). The van der Waals surface area contributed by atoms with Crippen molar-refractivity contribution in [2.24, 2.45) is 0 Å². The number of hydrogen-bond acceptors (Lipinski definition) is 3. The molecule has 3 heteroatoms. The quantitative estimate of drug-likeness (QED) is 0.850. The molecule has 0 aromatic heterocycles. The molecule has 0 radical (unpaired) electrons. The lowest BCUT2D eigenvalue weighted by Crippen LogP contribution is -2.21. The molecule has 94 valence electrons. The third-order valence-electron chi connectivity index (χ3n) is 2.83. The highest BCUT2D eigenvalue weighted by Gasteiger charge is 2.16. The lowest BCUT2D eigenvalue weighted by Gasteiger charge is -2.12. The van der Waals surface area contributed by atoms with Gasteiger partial charge in [0.1, 0.15) is 11.9 Å². The number of benzene rings is 1. The second-order valence-electron chi connectivity index (χ2n) is 4.78. The van der Waals surface area contributed by atoms with Crippen LogP contribution in [0.4, 0.5) is 0 Å². The summed E-state index contributed by atoms with van der Waals surface area (Å²) in [6.07, 6.45) is 1.23. The second kappa shape index (κ2) is 6.03. The number of ether oxygens (including phenoxy) is 2. The second-order valence-corrected chi connectivity index (χ2v) is 4.78. The highest BCUT2D eigenvalue weighted by molar-refractivity contribution is 5.27. The van der Waals surface area contributed by atoms with E-state index in [-0.39, 0.29) is 6.10 Å². The lowest BCUT2D eigenvalue weighted by atomic mass is 10.2. The van der Waals surface area contributed by atoms with Crippen LogP contribution in [-0.2, 0) is 11.3 Å². The molecule has 1 unspecified atom stereocenters. The molecule has 3 nitrogen and oxygen atoms in total. The van der Waals surface area contributed by atoms with Gasteiger partial charge in [0.25, 0.3) is 0 Å². The normalized spacial score (nSPS) is 19.8. The van der Waals surface area contributed by atoms with Gasteiger partial charge in [0.2, 0.25) is 0 Å². The van der Waals surface area contributed by atoms with Gasteiger partial charge in [-0.25, -0.2) is 0 Å². The van der Waals surface area contributed by atoms with Crippen molar-refractivity contribution < 1.29 is 9.47 Å². The third-order valence-corrected chi connectivity index (χ3v) is 2.83. The van der Waals surface area contributed by atoms with Crippen molar-refractivity contribution in [2.45, 2.75) is 39.0 Å². The summed E-state index contributed by atoms with van der Waals surface area (Å²) < 4.78 is 11.1. The van der Waals surface area contributed by atoms with Crippen molar-refractivity contribution in [1.29, 1.82) is 0 Å². The van der Waals surface area contributed by atoms with Crippen molar-refractivity contribution in [2.75, 3.05) is 13.2 Å². The average molecular weight is 235 g/mol. The van der Waals surface area contributed by atoms with E-state index < -0.39 is 0 Å². The number of rotatable bonds is 5. The van der Waals surface area contributed by atoms with Gasteiger partial charge in [-0.3, -0.25) is 0 Å². The molecule has 0 saturated carbocycles. The van der Waals surface area contributed by atoms with Crippen LogP contribution in [0.25, 0.3) is 0 Å². The van der Waals surface area contributed by atoms with Crippen LogP contribution >= 0.6 is 0 Å². The fraction of sp³-hybridized carbons (Fsp3) is 0.571. The van der Waals surface area contributed by atoms with Gasteiger partial charge in [0, 0.05) is 19.0 Å². The highest BCUT2D eigenvalue weighted by atomic mass is 16.5. The van der Waals surface area contributed by atoms with Crippen LogP contribution in [0, 0.1) is 0 Å². The molecule has 1 aromatic carbocycles. The van der Waals surface area contributed by atoms with Crippen LogP contribution in [0.3, 0.4) is 0 Å². The molecule has 1 heterocycles. The average Bonchev–Trinajstić information content (AvgIpc) is 2.81. The number of nitrogens with one attached hydrogen (secondary N) is 1. The molecule has 0 amide bonds. The summed E-state index contributed by atoms with van der Waals surface area (Å²) in [6.45, 7) is 6.75. The molecule has 1 aliphatic rings. The maximum atomic E-state index is 5.81. The lowest BCUT2D eigenvalue weighted by molar-refractivity contribution is 0.141. The van der Waals surface area contributed by atoms with E-state index in [9.17, 15) is 0 Å². The van der Waals surface area contributed by atoms with E-state index in [1.807, 2.05) is 12.1 Å². The molecule has 17 heavy (non-hydrogen) atoms. The fourth-order valence-corrected chi connectivity index (χ4v) is 1.81. The van der Waals surface area contributed by atoms with E-state index in [4.69, 9.17) is 9.47 Å². The van der Waals surface area contributed by atoms with Crippen LogP contribution in [0.15, 0.2) is 24.3 Å². The van der Waals surface area contributed by atoms with Crippen molar-refractivity contribution >= 4 is 0 Å². The summed E-state index contributed by atoms with van der Waals surface area (Å²) in [5, 5.41) is 3.39. The molecule has 1 atom stereocenters. The Hall–Kier alpha value is -1.06. The van der Waals surface area contributed by atoms with Gasteiger partial charge >= 0.3 is 0 Å². The number of hydrogen-bond donors (Lipinski definition) is 1. The molecule has 1 N–H and O–H groups in total. The smallest absolute Gasteiger partial charge is 0.124 e. The van der Waals surface area contributed by atoms with Crippen LogP contribution in [0.1, 0.15) is 25.8 Å². The first-order valence-electron chi connectivity index (χ1n) is 6.31. The standard InChI is InChI=1S/C14H21NO2/c1-11(2)15-9-12-3-5-13(6-4-12)17-14-7-8-16-10-14/h3-6,11,14-15H,7-10H2,1-2H3. The Labute approximate surface area is 103 Å². The predicted molar refractivity (Wildman–Crippen MR) is 68.3 cm³/mol. The zero-order valence-corrected chi connectivity index (χ0v) is 10.6. The minimum Gasteiger partial charge on any atom is -0.488 e. The Morgan fingerprint density at radius 2 is 2.12 bits per heavy atom. The van der Waals surface area contributed by atoms with Gasteiger partial charge in [-0.1, -0.05) is 26.0 Å². The minimum atomic E-state index is 0.231. The summed E-state index contributed by atoms with van der Waals surface area (Å²) in [6, 6.07) is 8.81. The molecule has 1 aliphatic heterocycles. The van der Waals surface area contributed by atoms with E-state index >= 15 is 0 Å². The largest absolute Gasteiger partial charge is 0.488 e. The maximum Gasteiger partial charge on any atom is 0.124 e. The molecule has 1 aromatic rings. The molecule has 0 spiro atoms. The SMILES string of the molecule is CC(C)NCc1ccc(OC2CCOC2)cc1. The predicted octanol–water partition coefficient (Wildman–Crippen LogP) is 2.35. The molecule has 1 fully saturated rings. The first kappa shape index (κ1) is 12.4. The van der Waals surface area contributed by atoms with Gasteiger partial charge in [-0.2, -0.15) is 0 Å². The summed E-state index contributed by atoms with van der Waals surface area (Å²) in [5.74, 6) is 0.939. The van der Waals surface area contributed by atoms with E-state index in [1.54, 1.807) is 0 Å². The van der Waals surface area contributed by atoms with Crippen LogP contribution in [-0.4, -0.2) is 25.4 Å². The summed E-state index contributed by atoms with van der Waals surface area (Å²) >= 11 is 0. The van der Waals surface area contributed by atoms with Gasteiger partial charge in [0.05, 0.1) is 13.2 Å². The zero-order valence-electron chi connectivity index (χ0n) is 10.6. The van der Waals surface area contributed by atoms with Gasteiger partial charge in [-0.15, -0.1) is 0 Å². The van der Waals surface area contributed by atoms with Gasteiger partial charge in [-0.05, 0) is 17.7 Å². The molecular formula is C14H21NO2. The fourth-order valence-electron chi connectivity index (χ4n) is 1.81. The monoisotopic (exact) mass is 235 g/mol. The van der Waals surface area contributed by atoms with E-state index in [1.165, 1.54) is 5.56 Å². The Morgan fingerprint density at radius 1 is 1.35 bits per heavy atom. The minimum absolute atomic E-state index is 0.231. The molecular weight excluding hydrogens is 214 g/mol. The van der Waals surface area contributed by atoms with Crippen LogP contribution in [0.2, 0.25) is 0 Å². The maximum absolute atomic E-state index is 5.81. The van der Waals surface area contributed by atoms with Crippen molar-refractivity contribution in [1.82, 2.24) is 5.32 Å². The van der Waals surface area contributed by atoms with Gasteiger partial charge < -0.3 is 14.8 Å². The van der Waals surface area contributed by atoms with Crippen LogP contribution < -0.4 is 10.1 Å². The molecule has 0 aliphatic carbocycles. The van der Waals surface area contributed by atoms with Crippen LogP contribution in [0.5, 0.6) is 5.75 Å². The first-order chi connectivity index (χ1) is 8.24. The van der Waals surface area contributed by atoms with E-state index in [0.29, 0.717) is 6.04 Å². The Kier molecular flexibility index (Phi) is 4.40. The Morgan fingerprint density at radius 3 is 2.71 bits per heavy atom. The van der Waals surface area contributed by atoms with Gasteiger partial charge in [0.15, 0.2) is 0 Å². The Balaban J connectivity index is 1.84. The highest BCUT2D eigenvalue weighted by Crippen LogP contribution is 2.17. The van der Waals surface area contributed by atoms with Crippen molar-refractivity contribution in [3.63, 3.8) is 0 Å². The topological polar surface area (TPSA) is 30.5 Å². The third kappa shape index (κ3) is 4.02. The van der Waals surface area contributed by atoms with Crippen molar-refractivity contribution in [3.05, 3.63) is 29.8 Å².